The number of ether oxygens (including phenoxy) is 1. The summed E-state index contributed by atoms with van der Waals surface area (Å²) in [6.45, 7) is 8.25. The monoisotopic (exact) mass is 294 g/mol. The Bertz CT molecular complexity index is 536. The maximum atomic E-state index is 11.4. The molecule has 0 bridgehead atoms. The van der Waals surface area contributed by atoms with E-state index >= 15 is 0 Å². The fourth-order valence-corrected chi connectivity index (χ4v) is 1.76. The molecule has 2 rings (SSSR count). The van der Waals surface area contributed by atoms with Gasteiger partial charge in [-0.15, -0.1) is 0 Å². The molecule has 21 heavy (non-hydrogen) atoms. The van der Waals surface area contributed by atoms with Crippen LogP contribution in [-0.4, -0.2) is 27.5 Å². The van der Waals surface area contributed by atoms with Gasteiger partial charge in [-0.05, 0) is 19.3 Å². The highest BCUT2D eigenvalue weighted by Crippen LogP contribution is 2.37. The number of nitro groups is 1. The molecule has 1 saturated carbocycles. The van der Waals surface area contributed by atoms with Crippen LogP contribution in [0.1, 0.15) is 52.8 Å². The molecule has 0 atom stereocenters. The molecule has 0 aromatic carbocycles. The van der Waals surface area contributed by atoms with Crippen molar-refractivity contribution in [1.82, 2.24) is 9.97 Å². The first-order valence-electron chi connectivity index (χ1n) is 7.29. The van der Waals surface area contributed by atoms with Crippen molar-refractivity contribution < 1.29 is 9.66 Å². The van der Waals surface area contributed by atoms with E-state index in [2.05, 4.69) is 15.3 Å². The molecule has 1 aromatic rings. The number of nitrogens with one attached hydrogen (secondary N) is 1. The molecule has 1 fully saturated rings. The summed E-state index contributed by atoms with van der Waals surface area (Å²) in [6.07, 6.45) is 2.78. The SMILES string of the molecule is CCCOc1nc(C(C)(C)C)nc(NC2CC2)c1[N+](=O)[O-]. The van der Waals surface area contributed by atoms with Crippen molar-refractivity contribution in [1.29, 1.82) is 0 Å². The lowest BCUT2D eigenvalue weighted by molar-refractivity contribution is -0.385. The molecular weight excluding hydrogens is 272 g/mol. The van der Waals surface area contributed by atoms with Crippen LogP contribution >= 0.6 is 0 Å². The van der Waals surface area contributed by atoms with E-state index in [0.717, 1.165) is 19.3 Å². The van der Waals surface area contributed by atoms with Gasteiger partial charge in [-0.2, -0.15) is 4.98 Å². The predicted molar refractivity (Wildman–Crippen MR) is 79.8 cm³/mol. The molecule has 0 amide bonds. The molecule has 0 aliphatic heterocycles. The highest BCUT2D eigenvalue weighted by molar-refractivity contribution is 5.62. The van der Waals surface area contributed by atoms with E-state index < -0.39 is 4.92 Å². The molecule has 0 spiro atoms. The van der Waals surface area contributed by atoms with E-state index in [1.54, 1.807) is 0 Å². The number of hydrogen-bond donors (Lipinski definition) is 1. The highest BCUT2D eigenvalue weighted by atomic mass is 16.6. The lowest BCUT2D eigenvalue weighted by Gasteiger charge is -2.19. The number of nitrogens with zero attached hydrogens (tertiary/aromatic N) is 3. The molecule has 116 valence electrons. The van der Waals surface area contributed by atoms with Crippen LogP contribution in [-0.2, 0) is 5.41 Å². The second kappa shape index (κ2) is 5.83. The van der Waals surface area contributed by atoms with E-state index in [1.165, 1.54) is 0 Å². The third-order valence-corrected chi connectivity index (χ3v) is 3.07. The smallest absolute Gasteiger partial charge is 0.372 e. The van der Waals surface area contributed by atoms with Crippen molar-refractivity contribution in [2.45, 2.75) is 58.4 Å². The summed E-state index contributed by atoms with van der Waals surface area (Å²) in [4.78, 5) is 19.6. The lowest BCUT2D eigenvalue weighted by Crippen LogP contribution is -2.20. The maximum Gasteiger partial charge on any atom is 0.372 e. The third kappa shape index (κ3) is 3.80. The maximum absolute atomic E-state index is 11.4. The Morgan fingerprint density at radius 1 is 1.38 bits per heavy atom. The summed E-state index contributed by atoms with van der Waals surface area (Å²) in [5, 5.41) is 14.5. The first-order chi connectivity index (χ1) is 9.82. The van der Waals surface area contributed by atoms with E-state index in [1.807, 2.05) is 27.7 Å². The normalized spacial score (nSPS) is 14.9. The van der Waals surface area contributed by atoms with Crippen LogP contribution in [0.15, 0.2) is 0 Å². The minimum Gasteiger partial charge on any atom is -0.473 e. The standard InChI is InChI=1S/C14H22N4O3/c1-5-8-21-12-10(18(19)20)11(15-9-6-7-9)16-13(17-12)14(2,3)4/h9H,5-8H2,1-4H3,(H,15,16,17). The molecule has 0 unspecified atom stereocenters. The van der Waals surface area contributed by atoms with Gasteiger partial charge in [-0.3, -0.25) is 10.1 Å². The van der Waals surface area contributed by atoms with E-state index in [9.17, 15) is 10.1 Å². The molecule has 1 aliphatic carbocycles. The highest BCUT2D eigenvalue weighted by Gasteiger charge is 2.33. The molecule has 7 heteroatoms. The number of rotatable bonds is 6. The van der Waals surface area contributed by atoms with Crippen molar-refractivity contribution >= 4 is 11.5 Å². The second-order valence-corrected chi connectivity index (χ2v) is 6.32. The Labute approximate surface area is 124 Å². The summed E-state index contributed by atoms with van der Waals surface area (Å²) >= 11 is 0. The molecule has 1 aliphatic rings. The van der Waals surface area contributed by atoms with Crippen LogP contribution in [0.3, 0.4) is 0 Å². The summed E-state index contributed by atoms with van der Waals surface area (Å²) in [5.41, 5.74) is -0.470. The van der Waals surface area contributed by atoms with Gasteiger partial charge in [0.15, 0.2) is 0 Å². The zero-order valence-corrected chi connectivity index (χ0v) is 13.0. The molecule has 0 saturated heterocycles. The first-order valence-corrected chi connectivity index (χ1v) is 7.29. The number of anilines is 1. The first kappa shape index (κ1) is 15.5. The quantitative estimate of drug-likeness (QED) is 0.640. The number of hydrogen-bond acceptors (Lipinski definition) is 6. The van der Waals surface area contributed by atoms with E-state index in [-0.39, 0.29) is 28.8 Å². The Hall–Kier alpha value is -1.92. The van der Waals surface area contributed by atoms with Crippen LogP contribution in [0.4, 0.5) is 11.5 Å². The predicted octanol–water partition coefficient (Wildman–Crippen LogP) is 3.05. The molecule has 1 heterocycles. The van der Waals surface area contributed by atoms with E-state index in [0.29, 0.717) is 12.4 Å². The Morgan fingerprint density at radius 2 is 2.05 bits per heavy atom. The molecule has 7 nitrogen and oxygen atoms in total. The number of aromatic nitrogens is 2. The topological polar surface area (TPSA) is 90.2 Å². The molecule has 1 N–H and O–H groups in total. The third-order valence-electron chi connectivity index (χ3n) is 3.07. The molecule has 1 aromatic heterocycles. The van der Waals surface area contributed by atoms with Gasteiger partial charge in [-0.1, -0.05) is 27.7 Å². The van der Waals surface area contributed by atoms with Crippen LogP contribution in [0, 0.1) is 10.1 Å². The Kier molecular flexibility index (Phi) is 4.29. The van der Waals surface area contributed by atoms with Gasteiger partial charge in [0.25, 0.3) is 5.88 Å². The van der Waals surface area contributed by atoms with Gasteiger partial charge in [-0.25, -0.2) is 4.98 Å². The van der Waals surface area contributed by atoms with Gasteiger partial charge in [0.05, 0.1) is 11.5 Å². The fraction of sp³-hybridized carbons (Fsp3) is 0.714. The molecular formula is C14H22N4O3. The minimum absolute atomic E-state index is 0.0601. The van der Waals surface area contributed by atoms with Gasteiger partial charge in [0.1, 0.15) is 5.82 Å². The van der Waals surface area contributed by atoms with Gasteiger partial charge >= 0.3 is 5.69 Å². The average Bonchev–Trinajstić information content (AvgIpc) is 3.18. The second-order valence-electron chi connectivity index (χ2n) is 6.32. The summed E-state index contributed by atoms with van der Waals surface area (Å²) in [5.74, 6) is 0.876. The zero-order valence-electron chi connectivity index (χ0n) is 13.0. The van der Waals surface area contributed by atoms with Crippen LogP contribution in [0.2, 0.25) is 0 Å². The van der Waals surface area contributed by atoms with Crippen LogP contribution in [0.25, 0.3) is 0 Å². The van der Waals surface area contributed by atoms with Crippen molar-refractivity contribution in [2.75, 3.05) is 11.9 Å². The summed E-state index contributed by atoms with van der Waals surface area (Å²) < 4.78 is 5.49. The summed E-state index contributed by atoms with van der Waals surface area (Å²) in [7, 11) is 0. The van der Waals surface area contributed by atoms with Crippen molar-refractivity contribution in [2.24, 2.45) is 0 Å². The van der Waals surface area contributed by atoms with Crippen molar-refractivity contribution in [3.63, 3.8) is 0 Å². The van der Waals surface area contributed by atoms with Gasteiger partial charge < -0.3 is 10.1 Å². The van der Waals surface area contributed by atoms with E-state index in [4.69, 9.17) is 4.74 Å². The minimum atomic E-state index is -0.470. The van der Waals surface area contributed by atoms with Crippen LogP contribution in [0.5, 0.6) is 5.88 Å². The largest absolute Gasteiger partial charge is 0.473 e. The van der Waals surface area contributed by atoms with Gasteiger partial charge in [0.2, 0.25) is 5.82 Å². The van der Waals surface area contributed by atoms with Crippen molar-refractivity contribution in [3.8, 4) is 5.88 Å². The summed E-state index contributed by atoms with van der Waals surface area (Å²) in [6, 6.07) is 0.269. The van der Waals surface area contributed by atoms with Crippen molar-refractivity contribution in [3.05, 3.63) is 15.9 Å². The molecule has 0 radical (unpaired) electrons. The van der Waals surface area contributed by atoms with Crippen LogP contribution < -0.4 is 10.1 Å². The average molecular weight is 294 g/mol. The Morgan fingerprint density at radius 3 is 2.52 bits per heavy atom. The lowest BCUT2D eigenvalue weighted by atomic mass is 9.96. The van der Waals surface area contributed by atoms with Gasteiger partial charge in [0, 0.05) is 11.5 Å². The fourth-order valence-electron chi connectivity index (χ4n) is 1.76. The zero-order chi connectivity index (χ0) is 15.6. The Balaban J connectivity index is 2.49.